The van der Waals surface area contributed by atoms with Crippen molar-refractivity contribution in [1.29, 1.82) is 0 Å². The van der Waals surface area contributed by atoms with Crippen molar-refractivity contribution in [3.63, 3.8) is 0 Å². The number of nitrogens with one attached hydrogen (secondary N) is 1. The van der Waals surface area contributed by atoms with Gasteiger partial charge in [-0.3, -0.25) is 14.4 Å². The highest BCUT2D eigenvalue weighted by atomic mass is 35.5. The number of methoxy groups -OCH3 is 1. The summed E-state index contributed by atoms with van der Waals surface area (Å²) in [5, 5.41) is 9.36. The minimum atomic E-state index is -4.00. The maximum atomic E-state index is 13.7. The number of halogens is 3. The molecule has 0 atom stereocenters. The summed E-state index contributed by atoms with van der Waals surface area (Å²) in [5.41, 5.74) is 2.56. The van der Waals surface area contributed by atoms with Crippen LogP contribution in [0.15, 0.2) is 24.3 Å². The normalized spacial score (nSPS) is 18.4. The molecule has 0 saturated carbocycles. The second kappa shape index (κ2) is 15.9. The van der Waals surface area contributed by atoms with Gasteiger partial charge >= 0.3 is 0 Å². The summed E-state index contributed by atoms with van der Waals surface area (Å²) in [6.07, 6.45) is 1.37. The number of nitrogens with zero attached hydrogens (tertiary/aromatic N) is 3. The molecule has 14 heteroatoms. The first-order valence-electron chi connectivity index (χ1n) is 12.1. The number of piperazine rings is 1. The number of sulfonamides is 1. The molecule has 0 bridgehead atoms. The first-order valence-corrected chi connectivity index (χ1v) is 13.5. The third-order valence-electron chi connectivity index (χ3n) is 6.86. The first kappa shape index (κ1) is 33.6. The molecule has 2 heterocycles. The summed E-state index contributed by atoms with van der Waals surface area (Å²) in [6, 6.07) is 7.55. The number of hydrogen-bond acceptors (Lipinski definition) is 8. The highest BCUT2D eigenvalue weighted by molar-refractivity contribution is 7.91. The number of benzene rings is 1. The lowest BCUT2D eigenvalue weighted by atomic mass is 9.95. The van der Waals surface area contributed by atoms with Crippen LogP contribution in [0.25, 0.3) is 0 Å². The van der Waals surface area contributed by atoms with Crippen LogP contribution in [-0.2, 0) is 19.6 Å². The number of alkyl halides is 1. The quantitative estimate of drug-likeness (QED) is 0.217. The number of carbonyl (C=O) groups is 1. The second-order valence-electron chi connectivity index (χ2n) is 8.90. The predicted molar refractivity (Wildman–Crippen MR) is 145 cm³/mol. The number of amides is 1. The molecule has 0 aromatic heterocycles. The van der Waals surface area contributed by atoms with Gasteiger partial charge in [-0.25, -0.2) is 13.9 Å². The van der Waals surface area contributed by atoms with Gasteiger partial charge in [0.05, 0.1) is 19.9 Å². The van der Waals surface area contributed by atoms with Gasteiger partial charge in [0.15, 0.2) is 4.75 Å². The van der Waals surface area contributed by atoms with E-state index >= 15 is 0 Å². The molecule has 2 saturated heterocycles. The molecule has 2 aliphatic rings. The number of rotatable bonds is 12. The molecule has 1 aromatic carbocycles. The van der Waals surface area contributed by atoms with Gasteiger partial charge in [0.2, 0.25) is 10.0 Å². The molecule has 0 unspecified atom stereocenters. The molecule has 2 N–H and O–H groups in total. The second-order valence-corrected chi connectivity index (χ2v) is 11.1. The van der Waals surface area contributed by atoms with Crippen LogP contribution >= 0.6 is 24.8 Å². The van der Waals surface area contributed by atoms with Crippen LogP contribution < -0.4 is 15.1 Å². The van der Waals surface area contributed by atoms with E-state index in [1.807, 2.05) is 24.3 Å². The van der Waals surface area contributed by atoms with Crippen molar-refractivity contribution in [3.05, 3.63) is 24.3 Å². The van der Waals surface area contributed by atoms with Gasteiger partial charge in [-0.2, -0.15) is 4.31 Å². The Kier molecular flexibility index (Phi) is 14.4. The fraction of sp³-hybridized carbons (Fsp3) is 0.696. The zero-order valence-electron chi connectivity index (χ0n) is 21.1. The minimum Gasteiger partial charge on any atom is -0.494 e. The average Bonchev–Trinajstić information content (AvgIpc) is 2.90. The highest BCUT2D eigenvalue weighted by Gasteiger charge is 2.55. The average molecular weight is 590 g/mol. The van der Waals surface area contributed by atoms with Crippen LogP contribution in [0.2, 0.25) is 0 Å². The lowest BCUT2D eigenvalue weighted by Crippen LogP contribution is -2.63. The molecular weight excluding hydrogens is 550 g/mol. The Morgan fingerprint density at radius 2 is 1.65 bits per heavy atom. The van der Waals surface area contributed by atoms with E-state index in [2.05, 4.69) is 9.80 Å². The zero-order valence-corrected chi connectivity index (χ0v) is 23.6. The van der Waals surface area contributed by atoms with E-state index in [1.165, 1.54) is 4.31 Å². The van der Waals surface area contributed by atoms with Crippen LogP contribution in [0.1, 0.15) is 25.7 Å². The summed E-state index contributed by atoms with van der Waals surface area (Å²) in [6.45, 7) is 3.62. The maximum Gasteiger partial charge on any atom is 0.266 e. The molecule has 2 fully saturated rings. The van der Waals surface area contributed by atoms with Gasteiger partial charge in [0.25, 0.3) is 5.91 Å². The molecule has 214 valence electrons. The maximum absolute atomic E-state index is 13.7. The molecular formula is C23H39Cl2FN4O6S. The van der Waals surface area contributed by atoms with E-state index in [1.54, 1.807) is 12.6 Å². The number of likely N-dealkylation sites (tertiary alicyclic amines) is 1. The fourth-order valence-corrected chi connectivity index (χ4v) is 6.75. The summed E-state index contributed by atoms with van der Waals surface area (Å²) < 4.78 is 49.9. The molecule has 0 aliphatic carbocycles. The Balaban J connectivity index is 0.00000342. The molecule has 1 amide bonds. The first-order chi connectivity index (χ1) is 16.9. The lowest BCUT2D eigenvalue weighted by Gasteiger charge is -2.44. The third-order valence-corrected chi connectivity index (χ3v) is 9.49. The van der Waals surface area contributed by atoms with E-state index in [4.69, 9.17) is 9.47 Å². The van der Waals surface area contributed by atoms with Crippen molar-refractivity contribution >= 4 is 46.4 Å². The minimum absolute atomic E-state index is 0. The van der Waals surface area contributed by atoms with E-state index in [9.17, 15) is 22.8 Å². The summed E-state index contributed by atoms with van der Waals surface area (Å²) in [4.78, 5) is 16.8. The van der Waals surface area contributed by atoms with E-state index in [-0.39, 0.29) is 57.4 Å². The predicted octanol–water partition coefficient (Wildman–Crippen LogP) is 2.10. The summed E-state index contributed by atoms with van der Waals surface area (Å²) in [7, 11) is -2.39. The molecule has 2 aliphatic heterocycles. The molecule has 1 aromatic rings. The number of unbranched alkanes of at least 4 members (excludes halogenated alkanes) is 1. The summed E-state index contributed by atoms with van der Waals surface area (Å²) >= 11 is 0. The van der Waals surface area contributed by atoms with Crippen molar-refractivity contribution in [2.24, 2.45) is 0 Å². The largest absolute Gasteiger partial charge is 0.494 e. The number of hydroxylamine groups is 1. The van der Waals surface area contributed by atoms with Crippen molar-refractivity contribution in [2.75, 3.05) is 77.7 Å². The third kappa shape index (κ3) is 8.04. The molecule has 3 rings (SSSR count). The Morgan fingerprint density at radius 1 is 1.03 bits per heavy atom. The zero-order chi connectivity index (χ0) is 25.3. The van der Waals surface area contributed by atoms with E-state index in [0.717, 1.165) is 5.69 Å². The van der Waals surface area contributed by atoms with Gasteiger partial charge in [-0.15, -0.1) is 24.8 Å². The van der Waals surface area contributed by atoms with Crippen LogP contribution in [-0.4, -0.2) is 106 Å². The van der Waals surface area contributed by atoms with Crippen molar-refractivity contribution in [1.82, 2.24) is 14.7 Å². The monoisotopic (exact) mass is 588 g/mol. The van der Waals surface area contributed by atoms with Crippen molar-refractivity contribution in [2.45, 2.75) is 30.4 Å². The number of piperidine rings is 1. The standard InChI is InChI=1S/C23H37FN4O6S.2ClH/c1-33-19-17-26-11-8-23(9-12-26,22(29)25-30)35(31,32)28-15-13-27(14-16-28)20-4-6-21(7-5-20)34-18-3-2-10-24;;/h4-7,30H,2-3,8-19H2,1H3,(H,25,29);2*1H. The number of hydrogen-bond donors (Lipinski definition) is 2. The van der Waals surface area contributed by atoms with Gasteiger partial charge < -0.3 is 19.3 Å². The van der Waals surface area contributed by atoms with Gasteiger partial charge in [0, 0.05) is 58.6 Å². The Labute approximate surface area is 231 Å². The Morgan fingerprint density at radius 3 is 2.19 bits per heavy atom. The molecule has 37 heavy (non-hydrogen) atoms. The topological polar surface area (TPSA) is 112 Å². The van der Waals surface area contributed by atoms with Crippen LogP contribution in [0.3, 0.4) is 0 Å². The molecule has 0 spiro atoms. The Hall–Kier alpha value is -1.41. The lowest BCUT2D eigenvalue weighted by molar-refractivity contribution is -0.133. The number of ether oxygens (including phenoxy) is 2. The van der Waals surface area contributed by atoms with Gasteiger partial charge in [-0.05, 0) is 49.9 Å². The summed E-state index contributed by atoms with van der Waals surface area (Å²) in [5.74, 6) is -0.156. The van der Waals surface area contributed by atoms with Crippen molar-refractivity contribution in [3.8, 4) is 5.75 Å². The van der Waals surface area contributed by atoms with Crippen LogP contribution in [0.5, 0.6) is 5.75 Å². The van der Waals surface area contributed by atoms with E-state index in [0.29, 0.717) is 64.5 Å². The van der Waals surface area contributed by atoms with Gasteiger partial charge in [0.1, 0.15) is 5.75 Å². The number of anilines is 1. The Bertz CT molecular complexity index is 912. The molecule has 0 radical (unpaired) electrons. The van der Waals surface area contributed by atoms with Crippen LogP contribution in [0.4, 0.5) is 10.1 Å². The number of carbonyl (C=O) groups excluding carboxylic acids is 1. The SMILES string of the molecule is COCCN1CCC(C(=O)NO)(S(=O)(=O)N2CCN(c3ccc(OCCCCF)cc3)CC2)CC1.Cl.Cl. The highest BCUT2D eigenvalue weighted by Crippen LogP contribution is 2.34. The molecule has 10 nitrogen and oxygen atoms in total. The van der Waals surface area contributed by atoms with Gasteiger partial charge in [-0.1, -0.05) is 0 Å². The fourth-order valence-electron chi connectivity index (χ4n) is 4.64. The van der Waals surface area contributed by atoms with Crippen molar-refractivity contribution < 1.29 is 32.3 Å². The smallest absolute Gasteiger partial charge is 0.266 e. The van der Waals surface area contributed by atoms with E-state index < -0.39 is 20.7 Å². The van der Waals surface area contributed by atoms with Crippen LogP contribution in [0, 0.1) is 0 Å².